The van der Waals surface area contributed by atoms with Crippen LogP contribution in [0, 0.1) is 5.92 Å². The molecule has 17 heavy (non-hydrogen) atoms. The maximum atomic E-state index is 11.8. The van der Waals surface area contributed by atoms with Crippen LogP contribution in [0.2, 0.25) is 0 Å². The number of rotatable bonds is 3. The second-order valence-electron chi connectivity index (χ2n) is 4.46. The molecule has 0 aromatic heterocycles. The van der Waals surface area contributed by atoms with E-state index in [9.17, 15) is 14.7 Å². The summed E-state index contributed by atoms with van der Waals surface area (Å²) < 4.78 is 4.94. The van der Waals surface area contributed by atoms with Crippen LogP contribution in [0.5, 0.6) is 0 Å². The van der Waals surface area contributed by atoms with Crippen molar-refractivity contribution in [3.63, 3.8) is 0 Å². The number of carbonyl (C=O) groups is 2. The highest BCUT2D eigenvalue weighted by Crippen LogP contribution is 2.28. The predicted molar refractivity (Wildman–Crippen MR) is 62.7 cm³/mol. The van der Waals surface area contributed by atoms with E-state index in [2.05, 4.69) is 6.58 Å². The summed E-state index contributed by atoms with van der Waals surface area (Å²) in [6.07, 6.45) is 2.50. The molecule has 3 unspecified atom stereocenters. The van der Waals surface area contributed by atoms with Crippen LogP contribution in [-0.2, 0) is 9.53 Å². The van der Waals surface area contributed by atoms with Gasteiger partial charge in [-0.05, 0) is 25.7 Å². The van der Waals surface area contributed by atoms with Gasteiger partial charge in [-0.2, -0.15) is 0 Å². The molecular formula is C12H19NO4. The lowest BCUT2D eigenvalue weighted by molar-refractivity contribution is -0.147. The summed E-state index contributed by atoms with van der Waals surface area (Å²) in [6, 6.07) is -0.902. The van der Waals surface area contributed by atoms with E-state index in [-0.39, 0.29) is 18.6 Å². The number of amides is 1. The fourth-order valence-corrected chi connectivity index (χ4v) is 2.21. The smallest absolute Gasteiger partial charge is 0.411 e. The predicted octanol–water partition coefficient (Wildman–Crippen LogP) is 1.88. The van der Waals surface area contributed by atoms with Crippen LogP contribution < -0.4 is 0 Å². The molecule has 1 heterocycles. The molecule has 0 radical (unpaired) electrons. The second kappa shape index (κ2) is 5.70. The lowest BCUT2D eigenvalue weighted by Crippen LogP contribution is -2.55. The molecule has 96 valence electrons. The first-order valence-corrected chi connectivity index (χ1v) is 5.77. The fraction of sp³-hybridized carbons (Fsp3) is 0.667. The Kier molecular flexibility index (Phi) is 4.54. The molecular weight excluding hydrogens is 222 g/mol. The van der Waals surface area contributed by atoms with Crippen molar-refractivity contribution in [2.45, 2.75) is 38.8 Å². The van der Waals surface area contributed by atoms with Crippen molar-refractivity contribution in [1.82, 2.24) is 4.90 Å². The number of ether oxygens (including phenoxy) is 1. The standard InChI is InChI=1S/C12H19NO4/c1-4-7-17-12(16)13-9(3)6-5-8(2)10(13)11(14)15/h4,8-10H,1,5-7H2,2-3H3,(H,14,15). The van der Waals surface area contributed by atoms with Crippen molar-refractivity contribution in [2.24, 2.45) is 5.92 Å². The summed E-state index contributed by atoms with van der Waals surface area (Å²) in [5.41, 5.74) is 0. The molecule has 1 N–H and O–H groups in total. The number of hydrogen-bond acceptors (Lipinski definition) is 3. The number of likely N-dealkylation sites (tertiary alicyclic amines) is 1. The largest absolute Gasteiger partial charge is 0.480 e. The average molecular weight is 241 g/mol. The van der Waals surface area contributed by atoms with Gasteiger partial charge in [0, 0.05) is 6.04 Å². The lowest BCUT2D eigenvalue weighted by atomic mass is 9.87. The molecule has 5 heteroatoms. The first-order valence-electron chi connectivity index (χ1n) is 5.77. The monoisotopic (exact) mass is 241 g/mol. The topological polar surface area (TPSA) is 66.8 Å². The van der Waals surface area contributed by atoms with E-state index in [4.69, 9.17) is 4.74 Å². The maximum Gasteiger partial charge on any atom is 0.411 e. The average Bonchev–Trinajstić information content (AvgIpc) is 2.28. The van der Waals surface area contributed by atoms with Gasteiger partial charge in [0.05, 0.1) is 0 Å². The molecule has 1 aliphatic heterocycles. The van der Waals surface area contributed by atoms with Gasteiger partial charge in [0.25, 0.3) is 0 Å². The summed E-state index contributed by atoms with van der Waals surface area (Å²) in [5, 5.41) is 9.20. The Bertz CT molecular complexity index is 316. The minimum absolute atomic E-state index is 0.0556. The maximum absolute atomic E-state index is 11.8. The van der Waals surface area contributed by atoms with Gasteiger partial charge in [-0.25, -0.2) is 9.59 Å². The quantitative estimate of drug-likeness (QED) is 0.766. The molecule has 1 amide bonds. The number of carbonyl (C=O) groups excluding carboxylic acids is 1. The van der Waals surface area contributed by atoms with Crippen molar-refractivity contribution in [2.75, 3.05) is 6.61 Å². The number of carboxylic acid groups (broad SMARTS) is 1. The summed E-state index contributed by atoms with van der Waals surface area (Å²) in [5.74, 6) is -1.03. The third-order valence-electron chi connectivity index (χ3n) is 3.14. The second-order valence-corrected chi connectivity index (χ2v) is 4.46. The molecule has 0 aromatic rings. The molecule has 1 saturated heterocycles. The minimum Gasteiger partial charge on any atom is -0.480 e. The van der Waals surface area contributed by atoms with Gasteiger partial charge in [-0.1, -0.05) is 19.6 Å². The Morgan fingerprint density at radius 2 is 2.12 bits per heavy atom. The SMILES string of the molecule is C=CCOC(=O)N1C(C)CCC(C)C1C(=O)O. The van der Waals surface area contributed by atoms with E-state index in [0.29, 0.717) is 0 Å². The zero-order valence-electron chi connectivity index (χ0n) is 10.3. The van der Waals surface area contributed by atoms with Gasteiger partial charge in [0.1, 0.15) is 12.6 Å². The summed E-state index contributed by atoms with van der Waals surface area (Å²) >= 11 is 0. The van der Waals surface area contributed by atoms with Crippen LogP contribution in [-0.4, -0.2) is 40.8 Å². The molecule has 0 aliphatic carbocycles. The number of aliphatic carboxylic acids is 1. The van der Waals surface area contributed by atoms with Gasteiger partial charge in [-0.3, -0.25) is 4.90 Å². The van der Waals surface area contributed by atoms with Crippen molar-refractivity contribution in [3.05, 3.63) is 12.7 Å². The Labute approximate surface area is 101 Å². The number of piperidine rings is 1. The summed E-state index contributed by atoms with van der Waals surface area (Å²) in [6.45, 7) is 7.24. The highest BCUT2D eigenvalue weighted by molar-refractivity contribution is 5.80. The first-order chi connectivity index (χ1) is 7.99. The van der Waals surface area contributed by atoms with Gasteiger partial charge >= 0.3 is 12.1 Å². The van der Waals surface area contributed by atoms with Crippen molar-refractivity contribution in [1.29, 1.82) is 0 Å². The van der Waals surface area contributed by atoms with Crippen LogP contribution >= 0.6 is 0 Å². The Morgan fingerprint density at radius 1 is 1.47 bits per heavy atom. The normalized spacial score (nSPS) is 28.6. The van der Waals surface area contributed by atoms with Gasteiger partial charge in [0.15, 0.2) is 0 Å². The molecule has 0 aromatic carbocycles. The highest BCUT2D eigenvalue weighted by atomic mass is 16.6. The van der Waals surface area contributed by atoms with Crippen LogP contribution in [0.4, 0.5) is 4.79 Å². The molecule has 1 rings (SSSR count). The van der Waals surface area contributed by atoms with Crippen LogP contribution in [0.15, 0.2) is 12.7 Å². The van der Waals surface area contributed by atoms with Gasteiger partial charge < -0.3 is 9.84 Å². The molecule has 0 saturated carbocycles. The summed E-state index contributed by atoms with van der Waals surface area (Å²) in [7, 11) is 0. The molecule has 5 nitrogen and oxygen atoms in total. The van der Waals surface area contributed by atoms with Crippen LogP contribution in [0.3, 0.4) is 0 Å². The van der Waals surface area contributed by atoms with Crippen molar-refractivity contribution in [3.8, 4) is 0 Å². The molecule has 3 atom stereocenters. The number of nitrogens with zero attached hydrogens (tertiary/aromatic N) is 1. The van der Waals surface area contributed by atoms with Crippen LogP contribution in [0.1, 0.15) is 26.7 Å². The van der Waals surface area contributed by atoms with E-state index in [1.807, 2.05) is 13.8 Å². The lowest BCUT2D eigenvalue weighted by Gasteiger charge is -2.40. The molecule has 1 aliphatic rings. The zero-order chi connectivity index (χ0) is 13.0. The van der Waals surface area contributed by atoms with Gasteiger partial charge in [-0.15, -0.1) is 0 Å². The van der Waals surface area contributed by atoms with E-state index < -0.39 is 18.1 Å². The Hall–Kier alpha value is -1.52. The van der Waals surface area contributed by atoms with E-state index in [1.54, 1.807) is 0 Å². The Balaban J connectivity index is 2.84. The number of hydrogen-bond donors (Lipinski definition) is 1. The first kappa shape index (κ1) is 13.5. The number of carboxylic acids is 1. The van der Waals surface area contributed by atoms with E-state index in [0.717, 1.165) is 12.8 Å². The highest BCUT2D eigenvalue weighted by Gasteiger charge is 2.41. The third kappa shape index (κ3) is 2.99. The molecule has 1 fully saturated rings. The van der Waals surface area contributed by atoms with E-state index >= 15 is 0 Å². The Morgan fingerprint density at radius 3 is 2.65 bits per heavy atom. The fourth-order valence-electron chi connectivity index (χ4n) is 2.21. The molecule has 0 spiro atoms. The van der Waals surface area contributed by atoms with Gasteiger partial charge in [0.2, 0.25) is 0 Å². The van der Waals surface area contributed by atoms with E-state index in [1.165, 1.54) is 11.0 Å². The van der Waals surface area contributed by atoms with Crippen molar-refractivity contribution >= 4 is 12.1 Å². The third-order valence-corrected chi connectivity index (χ3v) is 3.14. The van der Waals surface area contributed by atoms with Crippen molar-refractivity contribution < 1.29 is 19.4 Å². The molecule has 0 bridgehead atoms. The summed E-state index contributed by atoms with van der Waals surface area (Å²) in [4.78, 5) is 24.4. The minimum atomic E-state index is -0.973. The zero-order valence-corrected chi connectivity index (χ0v) is 10.3. The van der Waals surface area contributed by atoms with Crippen LogP contribution in [0.25, 0.3) is 0 Å².